The summed E-state index contributed by atoms with van der Waals surface area (Å²) in [5.41, 5.74) is 0.678. The molecule has 6 heteroatoms. The number of rotatable bonds is 3. The Morgan fingerprint density at radius 2 is 2.19 bits per heavy atom. The third-order valence-electron chi connectivity index (χ3n) is 1.97. The fraction of sp³-hybridized carbons (Fsp3) is 0.100. The zero-order valence-electron chi connectivity index (χ0n) is 8.14. The predicted molar refractivity (Wildman–Crippen MR) is 58.2 cm³/mol. The van der Waals surface area contributed by atoms with Crippen LogP contribution in [0.3, 0.4) is 0 Å². The molecule has 82 valence electrons. The zero-order chi connectivity index (χ0) is 11.5. The predicted octanol–water partition coefficient (Wildman–Crippen LogP) is 1.75. The normalized spacial score (nSPS) is 10.3. The fourth-order valence-corrected chi connectivity index (χ4v) is 1.50. The molecule has 1 heterocycles. The minimum Gasteiger partial charge on any atom is -0.481 e. The lowest BCUT2D eigenvalue weighted by Gasteiger charge is -1.96. The molecule has 0 aliphatic heterocycles. The number of aromatic nitrogens is 3. The Balaban J connectivity index is 2.32. The van der Waals surface area contributed by atoms with Crippen molar-refractivity contribution in [2.45, 2.75) is 6.42 Å². The van der Waals surface area contributed by atoms with Crippen molar-refractivity contribution in [3.63, 3.8) is 0 Å². The third kappa shape index (κ3) is 2.20. The molecule has 0 atom stereocenters. The number of nitrogens with one attached hydrogen (secondary N) is 1. The highest BCUT2D eigenvalue weighted by atomic mass is 35.5. The highest BCUT2D eigenvalue weighted by Crippen LogP contribution is 2.24. The number of carboxylic acids is 1. The van der Waals surface area contributed by atoms with Crippen LogP contribution in [0.5, 0.6) is 0 Å². The standard InChI is InChI=1S/C10H8ClN3O2/c11-7-4-2-1-3-6(7)10-12-8(13-14-10)5-9(15)16/h1-4H,5H2,(H,15,16)(H,12,13,14). The van der Waals surface area contributed by atoms with E-state index in [9.17, 15) is 4.79 Å². The number of aromatic amines is 1. The van der Waals surface area contributed by atoms with Crippen LogP contribution in [0.1, 0.15) is 5.82 Å². The molecule has 1 aromatic carbocycles. The number of H-pyrrole nitrogens is 1. The van der Waals surface area contributed by atoms with E-state index >= 15 is 0 Å². The van der Waals surface area contributed by atoms with E-state index in [0.29, 0.717) is 22.2 Å². The smallest absolute Gasteiger partial charge is 0.311 e. The first kappa shape index (κ1) is 10.6. The maximum atomic E-state index is 10.5. The van der Waals surface area contributed by atoms with Crippen LogP contribution in [0.25, 0.3) is 11.4 Å². The van der Waals surface area contributed by atoms with E-state index in [1.54, 1.807) is 18.2 Å². The van der Waals surface area contributed by atoms with Gasteiger partial charge in [-0.25, -0.2) is 4.98 Å². The maximum Gasteiger partial charge on any atom is 0.311 e. The Morgan fingerprint density at radius 1 is 1.44 bits per heavy atom. The number of nitrogens with zero attached hydrogens (tertiary/aromatic N) is 2. The molecule has 0 fully saturated rings. The molecule has 0 aliphatic carbocycles. The summed E-state index contributed by atoms with van der Waals surface area (Å²) >= 11 is 5.96. The van der Waals surface area contributed by atoms with Crippen molar-refractivity contribution in [2.24, 2.45) is 0 Å². The molecule has 2 N–H and O–H groups in total. The summed E-state index contributed by atoms with van der Waals surface area (Å²) in [7, 11) is 0. The Hall–Kier alpha value is -1.88. The minimum absolute atomic E-state index is 0.183. The van der Waals surface area contributed by atoms with E-state index in [1.807, 2.05) is 6.07 Å². The topological polar surface area (TPSA) is 78.9 Å². The van der Waals surface area contributed by atoms with E-state index in [2.05, 4.69) is 15.2 Å². The number of benzene rings is 1. The molecule has 2 rings (SSSR count). The van der Waals surface area contributed by atoms with Crippen LogP contribution in [0, 0.1) is 0 Å². The van der Waals surface area contributed by atoms with E-state index in [1.165, 1.54) is 0 Å². The molecule has 2 aromatic rings. The number of hydrogen-bond acceptors (Lipinski definition) is 3. The summed E-state index contributed by atoms with van der Waals surface area (Å²) in [6, 6.07) is 7.12. The van der Waals surface area contributed by atoms with Crippen molar-refractivity contribution in [3.8, 4) is 11.4 Å². The van der Waals surface area contributed by atoms with E-state index < -0.39 is 5.97 Å². The summed E-state index contributed by atoms with van der Waals surface area (Å²) < 4.78 is 0. The van der Waals surface area contributed by atoms with Gasteiger partial charge in [0, 0.05) is 5.56 Å². The van der Waals surface area contributed by atoms with Crippen molar-refractivity contribution in [2.75, 3.05) is 0 Å². The monoisotopic (exact) mass is 237 g/mol. The molecule has 1 aromatic heterocycles. The highest BCUT2D eigenvalue weighted by molar-refractivity contribution is 6.33. The number of carbonyl (C=O) groups is 1. The second-order valence-corrected chi connectivity index (χ2v) is 3.56. The van der Waals surface area contributed by atoms with Crippen LogP contribution in [0.15, 0.2) is 24.3 Å². The number of hydrogen-bond donors (Lipinski definition) is 2. The number of carboxylic acid groups (broad SMARTS) is 1. The van der Waals surface area contributed by atoms with Crippen molar-refractivity contribution in [1.29, 1.82) is 0 Å². The van der Waals surface area contributed by atoms with Crippen LogP contribution in [-0.4, -0.2) is 26.3 Å². The van der Waals surface area contributed by atoms with Crippen LogP contribution >= 0.6 is 11.6 Å². The van der Waals surface area contributed by atoms with E-state index in [4.69, 9.17) is 16.7 Å². The first-order valence-electron chi connectivity index (χ1n) is 4.55. The van der Waals surface area contributed by atoms with Crippen LogP contribution < -0.4 is 0 Å². The van der Waals surface area contributed by atoms with Gasteiger partial charge in [0.25, 0.3) is 0 Å². The summed E-state index contributed by atoms with van der Waals surface area (Å²) in [5.74, 6) is -0.244. The quantitative estimate of drug-likeness (QED) is 0.853. The minimum atomic E-state index is -0.957. The van der Waals surface area contributed by atoms with Crippen LogP contribution in [0.2, 0.25) is 5.02 Å². The van der Waals surface area contributed by atoms with Gasteiger partial charge in [0.2, 0.25) is 0 Å². The highest BCUT2D eigenvalue weighted by Gasteiger charge is 2.10. The average molecular weight is 238 g/mol. The van der Waals surface area contributed by atoms with Crippen LogP contribution in [-0.2, 0) is 11.2 Å². The SMILES string of the molecule is O=C(O)Cc1nc(-c2ccccc2Cl)n[nH]1. The molecule has 0 saturated carbocycles. The molecular formula is C10H8ClN3O2. The second kappa shape index (κ2) is 4.32. The van der Waals surface area contributed by atoms with Crippen molar-refractivity contribution < 1.29 is 9.90 Å². The van der Waals surface area contributed by atoms with Gasteiger partial charge in [-0.1, -0.05) is 23.7 Å². The maximum absolute atomic E-state index is 10.5. The molecule has 0 bridgehead atoms. The van der Waals surface area contributed by atoms with Gasteiger partial charge in [-0.05, 0) is 12.1 Å². The Morgan fingerprint density at radius 3 is 2.88 bits per heavy atom. The molecule has 0 saturated heterocycles. The Bertz CT molecular complexity index is 524. The van der Waals surface area contributed by atoms with Crippen molar-refractivity contribution >= 4 is 17.6 Å². The summed E-state index contributed by atoms with van der Waals surface area (Å²) in [6.07, 6.45) is -0.183. The van der Waals surface area contributed by atoms with Gasteiger partial charge in [0.15, 0.2) is 5.82 Å². The van der Waals surface area contributed by atoms with E-state index in [0.717, 1.165) is 0 Å². The molecule has 16 heavy (non-hydrogen) atoms. The summed E-state index contributed by atoms with van der Waals surface area (Å²) in [6.45, 7) is 0. The van der Waals surface area contributed by atoms with Gasteiger partial charge in [-0.2, -0.15) is 5.10 Å². The second-order valence-electron chi connectivity index (χ2n) is 3.16. The number of halogens is 1. The summed E-state index contributed by atoms with van der Waals surface area (Å²) in [4.78, 5) is 14.5. The lowest BCUT2D eigenvalue weighted by atomic mass is 10.2. The first-order chi connectivity index (χ1) is 7.66. The summed E-state index contributed by atoms with van der Waals surface area (Å²) in [5, 5.41) is 15.6. The van der Waals surface area contributed by atoms with Gasteiger partial charge in [0.1, 0.15) is 12.2 Å². The lowest BCUT2D eigenvalue weighted by Crippen LogP contribution is -2.01. The average Bonchev–Trinajstić information content (AvgIpc) is 2.66. The van der Waals surface area contributed by atoms with Gasteiger partial charge in [0.05, 0.1) is 5.02 Å². The van der Waals surface area contributed by atoms with Gasteiger partial charge < -0.3 is 5.11 Å². The molecule has 0 radical (unpaired) electrons. The van der Waals surface area contributed by atoms with Gasteiger partial charge >= 0.3 is 5.97 Å². The Kier molecular flexibility index (Phi) is 2.87. The molecule has 0 amide bonds. The van der Waals surface area contributed by atoms with Crippen molar-refractivity contribution in [1.82, 2.24) is 15.2 Å². The number of aliphatic carboxylic acids is 1. The Labute approximate surface area is 96.1 Å². The molecule has 0 unspecified atom stereocenters. The largest absolute Gasteiger partial charge is 0.481 e. The zero-order valence-corrected chi connectivity index (χ0v) is 8.90. The molecule has 0 aliphatic rings. The third-order valence-corrected chi connectivity index (χ3v) is 2.29. The van der Waals surface area contributed by atoms with Gasteiger partial charge in [-0.3, -0.25) is 9.89 Å². The fourth-order valence-electron chi connectivity index (χ4n) is 1.28. The van der Waals surface area contributed by atoms with Crippen molar-refractivity contribution in [3.05, 3.63) is 35.1 Å². The first-order valence-corrected chi connectivity index (χ1v) is 4.92. The molecular weight excluding hydrogens is 230 g/mol. The molecule has 0 spiro atoms. The van der Waals surface area contributed by atoms with Crippen LogP contribution in [0.4, 0.5) is 0 Å². The lowest BCUT2D eigenvalue weighted by molar-refractivity contribution is -0.136. The van der Waals surface area contributed by atoms with E-state index in [-0.39, 0.29) is 6.42 Å². The molecule has 5 nitrogen and oxygen atoms in total. The van der Waals surface area contributed by atoms with Gasteiger partial charge in [-0.15, -0.1) is 0 Å².